The van der Waals surface area contributed by atoms with Gasteiger partial charge in [-0.2, -0.15) is 8.78 Å². The predicted molar refractivity (Wildman–Crippen MR) is 86.1 cm³/mol. The smallest absolute Gasteiger partial charge is 0.278 e. The van der Waals surface area contributed by atoms with E-state index in [0.717, 1.165) is 11.3 Å². The average molecular weight is 435 g/mol. The molecule has 2 rings (SSSR count). The molecule has 0 aliphatic heterocycles. The lowest BCUT2D eigenvalue weighted by Crippen LogP contribution is -2.12. The molecule has 0 saturated carbocycles. The summed E-state index contributed by atoms with van der Waals surface area (Å²) in [5.41, 5.74) is 0.100. The molecule has 0 amide bonds. The lowest BCUT2D eigenvalue weighted by molar-refractivity contribution is 0.252. The molecule has 2 aromatic rings. The monoisotopic (exact) mass is 433 g/mol. The van der Waals surface area contributed by atoms with Crippen LogP contribution in [-0.2, 0) is 10.0 Å². The summed E-state index contributed by atoms with van der Waals surface area (Å²) in [6.07, 6.45) is 0. The van der Waals surface area contributed by atoms with Gasteiger partial charge in [-0.15, -0.1) is 11.3 Å². The minimum absolute atomic E-state index is 0.00350. The van der Waals surface area contributed by atoms with Gasteiger partial charge < -0.3 is 0 Å². The summed E-state index contributed by atoms with van der Waals surface area (Å²) in [4.78, 5) is 0.151. The van der Waals surface area contributed by atoms with Gasteiger partial charge in [-0.25, -0.2) is 8.42 Å². The van der Waals surface area contributed by atoms with E-state index in [2.05, 4.69) is 20.7 Å². The molecular formula is C11H7BrClF2NO2S3. The minimum atomic E-state index is -3.88. The van der Waals surface area contributed by atoms with Crippen LogP contribution in [0.15, 0.2) is 43.2 Å². The number of rotatable bonds is 5. The van der Waals surface area contributed by atoms with Crippen LogP contribution >= 0.6 is 50.6 Å². The van der Waals surface area contributed by atoms with Crippen molar-refractivity contribution >= 4 is 66.3 Å². The van der Waals surface area contributed by atoms with E-state index >= 15 is 0 Å². The zero-order valence-electron chi connectivity index (χ0n) is 10.0. The Morgan fingerprint density at radius 1 is 1.33 bits per heavy atom. The molecule has 1 aromatic heterocycles. The first-order valence-corrected chi connectivity index (χ1v) is 9.66. The number of sulfonamides is 1. The van der Waals surface area contributed by atoms with Crippen molar-refractivity contribution in [3.05, 3.63) is 39.1 Å². The molecule has 0 radical (unpaired) electrons. The molecule has 10 heteroatoms. The van der Waals surface area contributed by atoms with Crippen molar-refractivity contribution in [2.45, 2.75) is 14.9 Å². The van der Waals surface area contributed by atoms with Crippen LogP contribution in [0.3, 0.4) is 0 Å². The van der Waals surface area contributed by atoms with Crippen LogP contribution in [0.25, 0.3) is 0 Å². The fraction of sp³-hybridized carbons (Fsp3) is 0.0909. The molecule has 0 bridgehead atoms. The molecule has 0 unspecified atom stereocenters. The molecule has 0 fully saturated rings. The number of halogens is 4. The topological polar surface area (TPSA) is 46.2 Å². The fourth-order valence-electron chi connectivity index (χ4n) is 1.40. The standard InChI is InChI=1S/C11H7BrClF2NO2S3/c12-10-6(13)5-9(20-10)21(17,18)16-7-3-1-2-4-8(7)19-11(14)15/h1-5,11,16H. The van der Waals surface area contributed by atoms with Crippen LogP contribution in [0.1, 0.15) is 0 Å². The van der Waals surface area contributed by atoms with Gasteiger partial charge in [0, 0.05) is 4.90 Å². The number of hydrogen-bond donors (Lipinski definition) is 1. The number of anilines is 1. The number of hydrogen-bond acceptors (Lipinski definition) is 4. The quantitative estimate of drug-likeness (QED) is 0.651. The summed E-state index contributed by atoms with van der Waals surface area (Å²) >= 11 is 10.2. The van der Waals surface area contributed by atoms with Gasteiger partial charge in [-0.1, -0.05) is 35.5 Å². The Hall–Kier alpha value is -0.350. The molecule has 0 atom stereocenters. The third kappa shape index (κ3) is 4.32. The highest BCUT2D eigenvalue weighted by Gasteiger charge is 2.21. The predicted octanol–water partition coefficient (Wildman–Crippen LogP) is 5.28. The van der Waals surface area contributed by atoms with E-state index in [1.165, 1.54) is 18.2 Å². The molecule has 1 aromatic carbocycles. The second kappa shape index (κ2) is 6.82. The number of para-hydroxylation sites is 1. The van der Waals surface area contributed by atoms with E-state index in [1.807, 2.05) is 0 Å². The van der Waals surface area contributed by atoms with Crippen LogP contribution in [0.5, 0.6) is 0 Å². The largest absolute Gasteiger partial charge is 0.288 e. The first kappa shape index (κ1) is 17.0. The third-order valence-corrected chi connectivity index (χ3v) is 7.34. The Kier molecular flexibility index (Phi) is 5.53. The SMILES string of the molecule is O=S(=O)(Nc1ccccc1SC(F)F)c1cc(Cl)c(Br)s1. The van der Waals surface area contributed by atoms with E-state index in [4.69, 9.17) is 11.6 Å². The van der Waals surface area contributed by atoms with Crippen LogP contribution in [0.4, 0.5) is 14.5 Å². The summed E-state index contributed by atoms with van der Waals surface area (Å²) in [6, 6.07) is 7.26. The van der Waals surface area contributed by atoms with Crippen molar-refractivity contribution in [1.82, 2.24) is 0 Å². The van der Waals surface area contributed by atoms with E-state index in [9.17, 15) is 17.2 Å². The number of thioether (sulfide) groups is 1. The molecular weight excluding hydrogens is 428 g/mol. The number of nitrogens with one attached hydrogen (secondary N) is 1. The minimum Gasteiger partial charge on any atom is -0.278 e. The molecule has 114 valence electrons. The number of alkyl halides is 2. The van der Waals surface area contributed by atoms with Gasteiger partial charge in [0.2, 0.25) is 0 Å². The summed E-state index contributed by atoms with van der Waals surface area (Å²) < 4.78 is 52.2. The molecule has 0 aliphatic rings. The summed E-state index contributed by atoms with van der Waals surface area (Å²) in [5, 5.41) is 0.274. The van der Waals surface area contributed by atoms with E-state index in [1.54, 1.807) is 12.1 Å². The van der Waals surface area contributed by atoms with Crippen LogP contribution in [0, 0.1) is 0 Å². The van der Waals surface area contributed by atoms with Crippen molar-refractivity contribution in [2.24, 2.45) is 0 Å². The Labute approximate surface area is 141 Å². The average Bonchev–Trinajstić information content (AvgIpc) is 2.72. The van der Waals surface area contributed by atoms with Crippen molar-refractivity contribution in [1.29, 1.82) is 0 Å². The Morgan fingerprint density at radius 3 is 2.57 bits per heavy atom. The lowest BCUT2D eigenvalue weighted by Gasteiger charge is -2.10. The van der Waals surface area contributed by atoms with Gasteiger partial charge in [0.05, 0.1) is 14.5 Å². The molecule has 21 heavy (non-hydrogen) atoms. The molecule has 1 N–H and O–H groups in total. The third-order valence-electron chi connectivity index (χ3n) is 2.23. The highest BCUT2D eigenvalue weighted by Crippen LogP contribution is 2.37. The normalized spacial score (nSPS) is 11.9. The van der Waals surface area contributed by atoms with E-state index in [0.29, 0.717) is 3.79 Å². The van der Waals surface area contributed by atoms with Gasteiger partial charge in [0.15, 0.2) is 0 Å². The Morgan fingerprint density at radius 2 is 2.00 bits per heavy atom. The first-order chi connectivity index (χ1) is 9.79. The van der Waals surface area contributed by atoms with E-state index in [-0.39, 0.29) is 31.6 Å². The molecule has 0 spiro atoms. The zero-order valence-corrected chi connectivity index (χ0v) is 14.8. The van der Waals surface area contributed by atoms with Crippen LogP contribution < -0.4 is 4.72 Å². The Bertz CT molecular complexity index is 732. The first-order valence-electron chi connectivity index (χ1n) is 5.31. The highest BCUT2D eigenvalue weighted by molar-refractivity contribution is 9.11. The van der Waals surface area contributed by atoms with Gasteiger partial charge >= 0.3 is 0 Å². The van der Waals surface area contributed by atoms with Gasteiger partial charge in [0.1, 0.15) is 4.21 Å². The summed E-state index contributed by atoms with van der Waals surface area (Å²) in [5.74, 6) is -2.64. The molecule has 0 saturated heterocycles. The molecule has 3 nitrogen and oxygen atoms in total. The maximum absolute atomic E-state index is 12.5. The van der Waals surface area contributed by atoms with Crippen LogP contribution in [0.2, 0.25) is 5.02 Å². The van der Waals surface area contributed by atoms with Gasteiger partial charge in [-0.05, 0) is 34.1 Å². The zero-order chi connectivity index (χ0) is 15.6. The van der Waals surface area contributed by atoms with Crippen molar-refractivity contribution < 1.29 is 17.2 Å². The highest BCUT2D eigenvalue weighted by atomic mass is 79.9. The summed E-state index contributed by atoms with van der Waals surface area (Å²) in [7, 11) is -3.88. The summed E-state index contributed by atoms with van der Waals surface area (Å²) in [6.45, 7) is 0. The molecule has 1 heterocycles. The second-order valence-corrected chi connectivity index (χ2v) is 9.39. The Balaban J connectivity index is 2.33. The van der Waals surface area contributed by atoms with Crippen molar-refractivity contribution in [3.8, 4) is 0 Å². The maximum Gasteiger partial charge on any atom is 0.288 e. The lowest BCUT2D eigenvalue weighted by atomic mass is 10.3. The van der Waals surface area contributed by atoms with Crippen molar-refractivity contribution in [3.63, 3.8) is 0 Å². The number of thiophene rings is 1. The number of benzene rings is 1. The van der Waals surface area contributed by atoms with Crippen LogP contribution in [-0.4, -0.2) is 14.2 Å². The maximum atomic E-state index is 12.5. The van der Waals surface area contributed by atoms with Crippen molar-refractivity contribution in [2.75, 3.05) is 4.72 Å². The fourth-order valence-corrected chi connectivity index (χ4v) is 5.54. The second-order valence-electron chi connectivity index (χ2n) is 3.67. The van der Waals surface area contributed by atoms with Gasteiger partial charge in [0.25, 0.3) is 15.8 Å². The van der Waals surface area contributed by atoms with E-state index < -0.39 is 15.8 Å². The molecule has 0 aliphatic carbocycles. The van der Waals surface area contributed by atoms with Gasteiger partial charge in [-0.3, -0.25) is 4.72 Å².